The lowest BCUT2D eigenvalue weighted by atomic mass is 9.71. The fourth-order valence-electron chi connectivity index (χ4n) is 13.7. The third-order valence-corrected chi connectivity index (χ3v) is 29.8. The Balaban J connectivity index is 0.915. The number of fused-ring (bicyclic) bond motifs is 17. The van der Waals surface area contributed by atoms with Crippen LogP contribution in [0.4, 0.5) is 0 Å². The van der Waals surface area contributed by atoms with Gasteiger partial charge in [-0.1, -0.05) is 158 Å². The van der Waals surface area contributed by atoms with Crippen molar-refractivity contribution in [3.05, 3.63) is 267 Å². The maximum atomic E-state index is 14.4. The highest BCUT2D eigenvalue weighted by Crippen LogP contribution is 2.71. The summed E-state index contributed by atoms with van der Waals surface area (Å²) in [6.45, 7) is 0. The Morgan fingerprint density at radius 2 is 0.713 bits per heavy atom. The number of nitriles is 4. The van der Waals surface area contributed by atoms with Gasteiger partial charge in [0.1, 0.15) is 35.4 Å². The molecule has 0 radical (unpaired) electrons. The van der Waals surface area contributed by atoms with Crippen molar-refractivity contribution in [2.75, 3.05) is 0 Å². The molecule has 87 heavy (non-hydrogen) atoms. The quantitative estimate of drug-likeness (QED) is 0.149. The molecule has 0 amide bonds. The van der Waals surface area contributed by atoms with Crippen molar-refractivity contribution in [3.8, 4) is 45.2 Å². The largest absolute Gasteiger partial charge is 0.218 e. The molecule has 8 nitrogen and oxygen atoms in total. The number of rotatable bonds is 6. The molecule has 0 saturated heterocycles. The van der Waals surface area contributed by atoms with Gasteiger partial charge in [-0.3, -0.25) is 0 Å². The van der Waals surface area contributed by atoms with Crippen LogP contribution in [0, 0.1) is 45.3 Å². The highest BCUT2D eigenvalue weighted by molar-refractivity contribution is 7.97. The van der Waals surface area contributed by atoms with E-state index in [0.29, 0.717) is 20.9 Å². The van der Waals surface area contributed by atoms with E-state index in [2.05, 4.69) is 109 Å². The van der Waals surface area contributed by atoms with Crippen LogP contribution in [0.3, 0.4) is 0 Å². The number of hydrogen-bond acceptors (Lipinski definition) is 15. The lowest BCUT2D eigenvalue weighted by Crippen LogP contribution is -2.27. The van der Waals surface area contributed by atoms with Gasteiger partial charge in [0, 0.05) is 83.2 Å². The Labute approximate surface area is 525 Å². The second kappa shape index (κ2) is 18.8. The highest BCUT2D eigenvalue weighted by Gasteiger charge is 2.55. The first-order chi connectivity index (χ1) is 42.5. The van der Waals surface area contributed by atoms with Crippen molar-refractivity contribution in [1.29, 1.82) is 21.0 Å². The topological polar surface area (TPSA) is 163 Å². The molecule has 2 aliphatic heterocycles. The van der Waals surface area contributed by atoms with E-state index in [1.54, 1.807) is 71.2 Å². The first kappa shape index (κ1) is 52.4. The van der Waals surface area contributed by atoms with E-state index in [0.717, 1.165) is 61.9 Å². The minimum absolute atomic E-state index is 0.0594. The summed E-state index contributed by atoms with van der Waals surface area (Å²) in [5.74, 6) is 0. The maximum Gasteiger partial charge on any atom is 0.207 e. The van der Waals surface area contributed by atoms with Gasteiger partial charge in [-0.15, -0.1) is 79.4 Å². The van der Waals surface area contributed by atoms with Crippen LogP contribution in [-0.2, 0) is 30.5 Å². The summed E-state index contributed by atoms with van der Waals surface area (Å²) in [5, 5.41) is 40.7. The van der Waals surface area contributed by atoms with E-state index in [4.69, 9.17) is 0 Å². The van der Waals surface area contributed by atoms with Crippen LogP contribution >= 0.6 is 79.4 Å². The maximum absolute atomic E-state index is 14.4. The lowest BCUT2D eigenvalue weighted by molar-refractivity contribution is 0.603. The third-order valence-electron chi connectivity index (χ3n) is 17.1. The zero-order valence-electron chi connectivity index (χ0n) is 44.6. The molecule has 0 N–H and O–H groups in total. The smallest absolute Gasteiger partial charge is 0.207 e. The molecule has 0 fully saturated rings. The van der Waals surface area contributed by atoms with Crippen LogP contribution in [0.5, 0.6) is 0 Å². The molecule has 17 rings (SSSR count). The lowest BCUT2D eigenvalue weighted by Gasteiger charge is -2.32. The van der Waals surface area contributed by atoms with Crippen LogP contribution in [0.15, 0.2) is 213 Å². The Morgan fingerprint density at radius 1 is 0.379 bits per heavy atom. The summed E-state index contributed by atoms with van der Waals surface area (Å²) < 4.78 is 66.6. The molecular formula is C70H32N4O4S9. The molecule has 6 aromatic carbocycles. The Hall–Kier alpha value is -8.92. The van der Waals surface area contributed by atoms with Crippen LogP contribution in [0.1, 0.15) is 64.0 Å². The van der Waals surface area contributed by atoms with Gasteiger partial charge in [0.2, 0.25) is 19.7 Å². The Bertz CT molecular complexity index is 5370. The zero-order valence-corrected chi connectivity index (χ0v) is 51.9. The van der Waals surface area contributed by atoms with Crippen molar-refractivity contribution in [2.24, 2.45) is 0 Å². The average molecular weight is 1280 g/mol. The fraction of sp³-hybridized carbons (Fsp3) is 0.0286. The van der Waals surface area contributed by atoms with Crippen molar-refractivity contribution in [1.82, 2.24) is 0 Å². The van der Waals surface area contributed by atoms with E-state index in [-0.39, 0.29) is 41.9 Å². The molecule has 2 aliphatic carbocycles. The predicted molar refractivity (Wildman–Crippen MR) is 356 cm³/mol. The van der Waals surface area contributed by atoms with Gasteiger partial charge >= 0.3 is 0 Å². The molecular weight excluding hydrogens is 1250 g/mol. The van der Waals surface area contributed by atoms with Gasteiger partial charge in [0.05, 0.1) is 58.6 Å². The minimum atomic E-state index is -4.08. The summed E-state index contributed by atoms with van der Waals surface area (Å²) in [6, 6.07) is 67.9. The predicted octanol–water partition coefficient (Wildman–Crippen LogP) is 18.7. The first-order valence-electron chi connectivity index (χ1n) is 27.1. The van der Waals surface area contributed by atoms with Gasteiger partial charge < -0.3 is 0 Å². The second-order valence-corrected chi connectivity index (χ2v) is 32.4. The van der Waals surface area contributed by atoms with Gasteiger partial charge in [-0.25, -0.2) is 16.8 Å². The van der Waals surface area contributed by atoms with E-state index in [1.807, 2.05) is 82.6 Å². The fourth-order valence-corrected chi connectivity index (χ4v) is 28.1. The molecule has 9 heterocycles. The standard InChI is InChI=1S/C70H32N4O4S9/c71-33-37(34-72)53-45-25-13-15-27-49(45)86(75,76)51(53)31-43-29-47-59(79-43)57-61(81-47)55-63-65(84-67(55)69(57,39-17-5-1-6-18-39)40-19-7-2-8-20-40)66-64(83-63)56-62-58(70(68(56)85-66,41-21-9-3-10-22-41)42-23-11-4-12-24-42)60-48(82-62)30-44(80-60)32-52-54(38(35-73)36-74)46-26-14-16-28-50(46)87(52,77)78/h1-32H/b51-31-,52-32-. The number of benzene rings is 6. The van der Waals surface area contributed by atoms with Gasteiger partial charge in [0.25, 0.3) is 0 Å². The minimum Gasteiger partial charge on any atom is -0.218 e. The molecule has 13 aromatic rings. The SMILES string of the molecule is N#CC(C#N)=C1/C(=C/c2cc3sc4c(c3s2)C(c2ccccc2)(c2ccccc2)c2sc3c(sc5c6c(sc53)C(c3ccccc3)(c3ccccc3)c3c-6sc5cc(/C=C6/C(=C(C#N)C#N)c7ccccc7S6(=O)=O)sc35)c2-4)S(=O)(=O)c2ccccc21. The van der Waals surface area contributed by atoms with Gasteiger partial charge in [0.15, 0.2) is 0 Å². The molecule has 4 aliphatic rings. The number of hydrogen-bond donors (Lipinski definition) is 0. The molecule has 410 valence electrons. The van der Waals surface area contributed by atoms with Crippen molar-refractivity contribution < 1.29 is 16.8 Å². The van der Waals surface area contributed by atoms with Crippen LogP contribution in [0.25, 0.3) is 81.8 Å². The Kier molecular flexibility index (Phi) is 11.3. The van der Waals surface area contributed by atoms with Crippen LogP contribution in [0.2, 0.25) is 0 Å². The number of nitrogens with zero attached hydrogens (tertiary/aromatic N) is 4. The van der Waals surface area contributed by atoms with E-state index in [9.17, 15) is 37.9 Å². The summed E-state index contributed by atoms with van der Waals surface area (Å²) in [4.78, 5) is 6.19. The number of allylic oxidation sites excluding steroid dienone is 4. The van der Waals surface area contributed by atoms with Gasteiger partial charge in [-0.2, -0.15) is 21.0 Å². The first-order valence-corrected chi connectivity index (χ1v) is 35.8. The molecule has 0 atom stereocenters. The molecule has 0 bridgehead atoms. The number of thiophene rings is 7. The van der Waals surface area contributed by atoms with Crippen molar-refractivity contribution >= 4 is 160 Å². The van der Waals surface area contributed by atoms with Crippen LogP contribution < -0.4 is 0 Å². The van der Waals surface area contributed by atoms with Gasteiger partial charge in [-0.05, 0) is 58.7 Å². The van der Waals surface area contributed by atoms with Crippen LogP contribution in [-0.4, -0.2) is 16.8 Å². The summed E-state index contributed by atoms with van der Waals surface area (Å²) in [5.41, 5.74) is 8.02. The zero-order chi connectivity index (χ0) is 58.9. The average Bonchev–Trinajstić information content (AvgIpc) is 1.49. The third kappa shape index (κ3) is 6.78. The monoisotopic (exact) mass is 1280 g/mol. The Morgan fingerprint density at radius 3 is 1.06 bits per heavy atom. The molecule has 0 saturated carbocycles. The molecule has 0 spiro atoms. The number of sulfone groups is 2. The molecule has 17 heteroatoms. The second-order valence-electron chi connectivity index (χ2n) is 21.3. The highest BCUT2D eigenvalue weighted by atomic mass is 32.2. The summed E-state index contributed by atoms with van der Waals surface area (Å²) in [6.07, 6.45) is 3.29. The summed E-state index contributed by atoms with van der Waals surface area (Å²) in [7, 11) is -8.17. The van der Waals surface area contributed by atoms with Crippen molar-refractivity contribution in [3.63, 3.8) is 0 Å². The molecule has 0 unspecified atom stereocenters. The van der Waals surface area contributed by atoms with Crippen molar-refractivity contribution in [2.45, 2.75) is 20.6 Å². The normalized spacial score (nSPS) is 16.8. The van der Waals surface area contributed by atoms with E-state index >= 15 is 0 Å². The van der Waals surface area contributed by atoms with E-state index < -0.39 is 30.5 Å². The molecule has 7 aromatic heterocycles. The van der Waals surface area contributed by atoms with E-state index in [1.165, 1.54) is 74.5 Å². The summed E-state index contributed by atoms with van der Waals surface area (Å²) >= 11 is 12.1.